The SMILES string of the molecule is [2H]C([2H])([2H])c1ccc(-c2ccnc(-c3[c-]c(-c4cccc5c4nc(-c4cc(C(C)C)cc(C(C)C)c4O)n5-c4ccc(-c5c(C([2H])(C)C)cccc5C([2H])(C)C)cc4C([2H])([2H])[2H])cc(C(C)(C)C)c3)c2)cc1.[Pt]. The number of aryl methyl sites for hydroxylation is 2. The van der Waals surface area contributed by atoms with Crippen LogP contribution in [0.25, 0.3) is 72.7 Å². The van der Waals surface area contributed by atoms with Gasteiger partial charge in [-0.2, -0.15) is 0 Å². The van der Waals surface area contributed by atoms with E-state index in [9.17, 15) is 5.11 Å². The topological polar surface area (TPSA) is 50.9 Å². The summed E-state index contributed by atoms with van der Waals surface area (Å²) in [4.78, 5) is 10.3. The van der Waals surface area contributed by atoms with Crippen LogP contribution in [-0.4, -0.2) is 19.6 Å². The van der Waals surface area contributed by atoms with Crippen molar-refractivity contribution in [3.8, 4) is 67.5 Å². The number of benzene rings is 6. The van der Waals surface area contributed by atoms with Crippen LogP contribution in [0.2, 0.25) is 0 Å². The summed E-state index contributed by atoms with van der Waals surface area (Å²) >= 11 is 0. The molecule has 2 aromatic heterocycles. The fourth-order valence-electron chi connectivity index (χ4n) is 8.65. The number of rotatable bonds is 10. The zero-order valence-electron chi connectivity index (χ0n) is 47.3. The summed E-state index contributed by atoms with van der Waals surface area (Å²) in [5, 5.41) is 12.3. The van der Waals surface area contributed by atoms with Crippen LogP contribution in [0.1, 0.15) is 150 Å². The van der Waals surface area contributed by atoms with Gasteiger partial charge in [-0.25, -0.2) is 4.98 Å². The summed E-state index contributed by atoms with van der Waals surface area (Å²) in [6, 6.07) is 39.5. The number of nitrogens with zero attached hydrogens (tertiary/aromatic N) is 3. The van der Waals surface area contributed by atoms with Crippen LogP contribution in [-0.2, 0) is 26.5 Å². The Balaban J connectivity index is 0.00000780. The van der Waals surface area contributed by atoms with E-state index < -0.39 is 25.5 Å². The number of aromatic hydroxyl groups is 1. The van der Waals surface area contributed by atoms with Gasteiger partial charge in [-0.1, -0.05) is 166 Å². The van der Waals surface area contributed by atoms with Crippen LogP contribution in [0.4, 0.5) is 0 Å². The number of hydrogen-bond donors (Lipinski definition) is 1. The Labute approximate surface area is 413 Å². The van der Waals surface area contributed by atoms with Crippen LogP contribution in [0.15, 0.2) is 121 Å². The van der Waals surface area contributed by atoms with Crippen molar-refractivity contribution in [1.82, 2.24) is 14.5 Å². The van der Waals surface area contributed by atoms with Gasteiger partial charge in [0, 0.05) is 43.9 Å². The monoisotopic (exact) mass is 1050 g/mol. The molecule has 2 heterocycles. The van der Waals surface area contributed by atoms with Crippen LogP contribution in [0.5, 0.6) is 5.75 Å². The summed E-state index contributed by atoms with van der Waals surface area (Å²) in [6.45, 7) is 17.1. The zero-order chi connectivity index (χ0) is 52.6. The van der Waals surface area contributed by atoms with Crippen molar-refractivity contribution in [1.29, 1.82) is 0 Å². The molecule has 0 saturated heterocycles. The maximum absolute atomic E-state index is 12.3. The van der Waals surface area contributed by atoms with E-state index in [1.807, 2.05) is 97.3 Å². The van der Waals surface area contributed by atoms with Crippen molar-refractivity contribution in [2.24, 2.45) is 0 Å². The summed E-state index contributed by atoms with van der Waals surface area (Å²) in [6.07, 6.45) is 1.74. The molecule has 0 atom stereocenters. The normalized spacial score (nSPS) is 14.5. The van der Waals surface area contributed by atoms with E-state index >= 15 is 0 Å². The van der Waals surface area contributed by atoms with Crippen LogP contribution >= 0.6 is 0 Å². The minimum absolute atomic E-state index is 0. The molecule has 0 bridgehead atoms. The molecule has 0 aliphatic carbocycles. The number of fused-ring (bicyclic) bond motifs is 1. The average Bonchev–Trinajstić information content (AvgIpc) is 3.69. The Kier molecular flexibility index (Phi) is 10.8. The molecule has 8 rings (SSSR count). The molecule has 65 heavy (non-hydrogen) atoms. The van der Waals surface area contributed by atoms with E-state index in [0.717, 1.165) is 44.5 Å². The fourth-order valence-corrected chi connectivity index (χ4v) is 8.65. The van der Waals surface area contributed by atoms with E-state index in [-0.39, 0.29) is 55.2 Å². The number of imidazole rings is 1. The molecule has 0 radical (unpaired) electrons. The maximum Gasteiger partial charge on any atom is 0.148 e. The first kappa shape index (κ1) is 37.6. The second-order valence-electron chi connectivity index (χ2n) is 19.2. The summed E-state index contributed by atoms with van der Waals surface area (Å²) in [7, 11) is 0. The Bertz CT molecular complexity index is 3320. The number of hydrogen-bond acceptors (Lipinski definition) is 3. The van der Waals surface area contributed by atoms with Gasteiger partial charge in [0.1, 0.15) is 11.6 Å². The van der Waals surface area contributed by atoms with Gasteiger partial charge in [-0.3, -0.25) is 9.55 Å². The second-order valence-corrected chi connectivity index (χ2v) is 19.2. The second kappa shape index (κ2) is 18.7. The fraction of sp³-hybridized carbons (Fsp3) is 0.300. The number of para-hydroxylation sites is 1. The van der Waals surface area contributed by atoms with Gasteiger partial charge in [-0.05, 0) is 123 Å². The standard InChI is InChI=1S/C60H64N3O.Pt/c1-35(2)44-32-51(38(7)8)58(64)52(33-44)59-62-57-50(45-29-46(31-47(30-45)60(11,12)13)53-34-42(26-27-61-53)41-22-20-39(9)21-23-41)18-15-19-55(57)63(59)54-25-24-43(28-40(54)10)56-48(36(3)4)16-14-17-49(56)37(5)6;/h14-28,30-38,64H,1-13H3;/q-1;/i9D3,10D3,36D,37D;. The molecule has 0 amide bonds. The number of aromatic nitrogens is 3. The smallest absolute Gasteiger partial charge is 0.148 e. The molecule has 0 fully saturated rings. The van der Waals surface area contributed by atoms with Crippen molar-refractivity contribution < 1.29 is 37.1 Å². The van der Waals surface area contributed by atoms with Crippen molar-refractivity contribution in [2.75, 3.05) is 0 Å². The summed E-state index contributed by atoms with van der Waals surface area (Å²) in [5.41, 5.74) is 12.0. The van der Waals surface area contributed by atoms with E-state index in [0.29, 0.717) is 56.1 Å². The van der Waals surface area contributed by atoms with Gasteiger partial charge in [0.15, 0.2) is 0 Å². The molecule has 1 N–H and O–H groups in total. The zero-order valence-corrected chi connectivity index (χ0v) is 41.6. The Morgan fingerprint density at radius 3 is 1.97 bits per heavy atom. The minimum atomic E-state index is -2.65. The van der Waals surface area contributed by atoms with Crippen molar-refractivity contribution >= 4 is 11.0 Å². The van der Waals surface area contributed by atoms with Crippen molar-refractivity contribution in [3.05, 3.63) is 166 Å². The third-order valence-electron chi connectivity index (χ3n) is 12.3. The molecule has 0 spiro atoms. The molecule has 6 aromatic carbocycles. The van der Waals surface area contributed by atoms with Crippen LogP contribution in [0, 0.1) is 19.8 Å². The Hall–Kier alpha value is -5.57. The maximum atomic E-state index is 12.3. The van der Waals surface area contributed by atoms with Gasteiger partial charge in [0.2, 0.25) is 0 Å². The predicted molar refractivity (Wildman–Crippen MR) is 271 cm³/mol. The molecular weight excluding hydrogens is 974 g/mol. The van der Waals surface area contributed by atoms with Crippen LogP contribution < -0.4 is 0 Å². The van der Waals surface area contributed by atoms with Gasteiger partial charge >= 0.3 is 0 Å². The van der Waals surface area contributed by atoms with Crippen molar-refractivity contribution in [3.63, 3.8) is 0 Å². The average molecular weight is 1050 g/mol. The summed E-state index contributed by atoms with van der Waals surface area (Å²) in [5.74, 6) is -1.65. The third-order valence-corrected chi connectivity index (χ3v) is 12.3. The quantitative estimate of drug-likeness (QED) is 0.139. The van der Waals surface area contributed by atoms with Crippen molar-refractivity contribution in [2.45, 2.75) is 119 Å². The third kappa shape index (κ3) is 9.30. The van der Waals surface area contributed by atoms with E-state index in [4.69, 9.17) is 20.9 Å². The molecule has 336 valence electrons. The number of phenolic OH excluding ortho intramolecular Hbond substituents is 1. The molecule has 8 aromatic rings. The Morgan fingerprint density at radius 1 is 0.662 bits per heavy atom. The Morgan fingerprint density at radius 2 is 1.34 bits per heavy atom. The van der Waals surface area contributed by atoms with E-state index in [1.165, 1.54) is 0 Å². The first-order valence-corrected chi connectivity index (χ1v) is 22.3. The van der Waals surface area contributed by atoms with Gasteiger partial charge in [0.05, 0.1) is 22.3 Å². The molecule has 5 heteroatoms. The molecule has 0 aliphatic rings. The van der Waals surface area contributed by atoms with E-state index in [1.54, 1.807) is 58.2 Å². The molecule has 4 nitrogen and oxygen atoms in total. The largest absolute Gasteiger partial charge is 0.507 e. The first-order chi connectivity index (χ1) is 33.4. The van der Waals surface area contributed by atoms with Gasteiger partial charge in [-0.15, -0.1) is 29.3 Å². The summed E-state index contributed by atoms with van der Waals surface area (Å²) < 4.78 is 71.2. The molecular formula is C60H64N3OPt-. The van der Waals surface area contributed by atoms with Gasteiger partial charge in [0.25, 0.3) is 0 Å². The molecule has 0 saturated carbocycles. The number of pyridine rings is 1. The van der Waals surface area contributed by atoms with Crippen LogP contribution in [0.3, 0.4) is 0 Å². The first-order valence-electron chi connectivity index (χ1n) is 26.3. The molecule has 0 aliphatic heterocycles. The predicted octanol–water partition coefficient (Wildman–Crippen LogP) is 16.7. The number of phenols is 1. The van der Waals surface area contributed by atoms with Gasteiger partial charge < -0.3 is 5.11 Å². The molecule has 0 unspecified atom stereocenters. The minimum Gasteiger partial charge on any atom is -0.507 e. The van der Waals surface area contributed by atoms with E-state index in [2.05, 4.69) is 52.8 Å².